The Morgan fingerprint density at radius 2 is 1.64 bits per heavy atom. The van der Waals surface area contributed by atoms with Gasteiger partial charge in [-0.3, -0.25) is 0 Å². The van der Waals surface area contributed by atoms with Gasteiger partial charge in [0.15, 0.2) is 0 Å². The summed E-state index contributed by atoms with van der Waals surface area (Å²) in [6.45, 7) is 9.97. The molecule has 0 N–H and O–H groups in total. The molecule has 0 saturated carbocycles. The topological polar surface area (TPSA) is 18.5 Å². The Morgan fingerprint density at radius 3 is 2.00 bits per heavy atom. The van der Waals surface area contributed by atoms with Crippen LogP contribution in [0.4, 0.5) is 0 Å². The third kappa shape index (κ3) is 5.57. The first-order valence-corrected chi connectivity index (χ1v) is 7.30. The number of hydrogen-bond acceptors (Lipinski definition) is 2. The lowest BCUT2D eigenvalue weighted by atomic mass is 10.3. The van der Waals surface area contributed by atoms with Gasteiger partial charge in [-0.05, 0) is 26.7 Å². The van der Waals surface area contributed by atoms with E-state index < -0.39 is 9.28 Å². The number of rotatable bonds is 8. The molecule has 84 valence electrons. The molecule has 0 heterocycles. The predicted octanol–water partition coefficient (Wildman–Crippen LogP) is 3.03. The van der Waals surface area contributed by atoms with Crippen LogP contribution in [0.3, 0.4) is 0 Å². The summed E-state index contributed by atoms with van der Waals surface area (Å²) in [6, 6.07) is 0. The Kier molecular flexibility index (Phi) is 9.35. The molecule has 0 bridgehead atoms. The molecular weight excluding hydrogens is 192 g/mol. The molecule has 1 atom stereocenters. The van der Waals surface area contributed by atoms with Gasteiger partial charge in [-0.2, -0.15) is 0 Å². The Labute approximate surface area is 90.2 Å². The Morgan fingerprint density at radius 1 is 1.07 bits per heavy atom. The third-order valence-electron chi connectivity index (χ3n) is 2.10. The maximum Gasteiger partial charge on any atom is 0.328 e. The largest absolute Gasteiger partial charge is 0.396 e. The molecular formula is C11H24O2Si. The molecule has 0 rings (SSSR count). The molecule has 0 amide bonds. The van der Waals surface area contributed by atoms with E-state index in [-0.39, 0.29) is 0 Å². The van der Waals surface area contributed by atoms with Crippen LogP contribution < -0.4 is 0 Å². The summed E-state index contributed by atoms with van der Waals surface area (Å²) in [7, 11) is -1.47. The standard InChI is InChI=1S/C11H24O2Si/c1-5-9-10-11(6-2)14(12-7-3)13-8-4/h9-11,14H,5-8H2,1-4H3. The van der Waals surface area contributed by atoms with Gasteiger partial charge in [0.25, 0.3) is 0 Å². The van der Waals surface area contributed by atoms with Crippen molar-refractivity contribution in [2.45, 2.75) is 46.1 Å². The highest BCUT2D eigenvalue weighted by atomic mass is 28.3. The summed E-state index contributed by atoms with van der Waals surface area (Å²) >= 11 is 0. The van der Waals surface area contributed by atoms with Gasteiger partial charge in [0, 0.05) is 18.8 Å². The molecule has 0 aromatic heterocycles. The predicted molar refractivity (Wildman–Crippen MR) is 63.9 cm³/mol. The fourth-order valence-corrected chi connectivity index (χ4v) is 3.33. The van der Waals surface area contributed by atoms with E-state index >= 15 is 0 Å². The molecule has 0 aromatic carbocycles. The number of allylic oxidation sites excluding steroid dienone is 2. The van der Waals surface area contributed by atoms with Crippen LogP contribution in [0.15, 0.2) is 12.2 Å². The van der Waals surface area contributed by atoms with E-state index in [9.17, 15) is 0 Å². The molecule has 0 aliphatic heterocycles. The highest BCUT2D eigenvalue weighted by Crippen LogP contribution is 2.19. The van der Waals surface area contributed by atoms with Crippen LogP contribution in [0.1, 0.15) is 40.5 Å². The Balaban J connectivity index is 4.17. The van der Waals surface area contributed by atoms with Crippen molar-refractivity contribution in [3.05, 3.63) is 12.2 Å². The molecule has 2 nitrogen and oxygen atoms in total. The second-order valence-corrected chi connectivity index (χ2v) is 5.45. The Hall–Kier alpha value is -0.123. The van der Waals surface area contributed by atoms with Crippen molar-refractivity contribution in [3.63, 3.8) is 0 Å². The normalized spacial score (nSPS) is 14.1. The molecule has 1 unspecified atom stereocenters. The molecule has 0 spiro atoms. The van der Waals surface area contributed by atoms with Gasteiger partial charge in [0.05, 0.1) is 0 Å². The maximum absolute atomic E-state index is 5.70. The first kappa shape index (κ1) is 13.9. The van der Waals surface area contributed by atoms with Gasteiger partial charge in [-0.1, -0.05) is 26.0 Å². The molecule has 0 aliphatic carbocycles. The molecule has 0 aliphatic rings. The van der Waals surface area contributed by atoms with E-state index in [4.69, 9.17) is 8.85 Å². The second kappa shape index (κ2) is 9.43. The van der Waals surface area contributed by atoms with Crippen molar-refractivity contribution in [1.29, 1.82) is 0 Å². The van der Waals surface area contributed by atoms with Gasteiger partial charge in [0.1, 0.15) is 0 Å². The monoisotopic (exact) mass is 216 g/mol. The fraction of sp³-hybridized carbons (Fsp3) is 0.818. The average molecular weight is 216 g/mol. The molecule has 0 aromatic rings. The zero-order valence-corrected chi connectivity index (χ0v) is 11.1. The van der Waals surface area contributed by atoms with E-state index in [2.05, 4.69) is 26.0 Å². The smallest absolute Gasteiger partial charge is 0.328 e. The van der Waals surface area contributed by atoms with Crippen molar-refractivity contribution in [2.75, 3.05) is 13.2 Å². The zero-order valence-electron chi connectivity index (χ0n) is 9.95. The van der Waals surface area contributed by atoms with Gasteiger partial charge in [0.2, 0.25) is 0 Å². The summed E-state index contributed by atoms with van der Waals surface area (Å²) in [4.78, 5) is 0. The lowest BCUT2D eigenvalue weighted by Crippen LogP contribution is -2.28. The van der Waals surface area contributed by atoms with Crippen molar-refractivity contribution < 1.29 is 8.85 Å². The van der Waals surface area contributed by atoms with Crippen LogP contribution >= 0.6 is 0 Å². The van der Waals surface area contributed by atoms with Crippen LogP contribution in [0.25, 0.3) is 0 Å². The third-order valence-corrected chi connectivity index (χ3v) is 4.82. The van der Waals surface area contributed by atoms with Crippen molar-refractivity contribution in [3.8, 4) is 0 Å². The minimum Gasteiger partial charge on any atom is -0.396 e. The maximum atomic E-state index is 5.70. The van der Waals surface area contributed by atoms with E-state index in [1.54, 1.807) is 0 Å². The lowest BCUT2D eigenvalue weighted by molar-refractivity contribution is 0.207. The van der Waals surface area contributed by atoms with E-state index in [0.29, 0.717) is 5.54 Å². The van der Waals surface area contributed by atoms with E-state index in [1.165, 1.54) is 0 Å². The van der Waals surface area contributed by atoms with Gasteiger partial charge in [-0.15, -0.1) is 0 Å². The van der Waals surface area contributed by atoms with Crippen molar-refractivity contribution in [1.82, 2.24) is 0 Å². The highest BCUT2D eigenvalue weighted by molar-refractivity contribution is 6.47. The molecule has 3 heteroatoms. The minimum atomic E-state index is -1.47. The summed E-state index contributed by atoms with van der Waals surface area (Å²) in [5, 5.41) is 0. The van der Waals surface area contributed by atoms with Gasteiger partial charge < -0.3 is 8.85 Å². The summed E-state index contributed by atoms with van der Waals surface area (Å²) < 4.78 is 11.4. The van der Waals surface area contributed by atoms with Crippen LogP contribution in [0.5, 0.6) is 0 Å². The fourth-order valence-electron chi connectivity index (χ4n) is 1.35. The molecule has 14 heavy (non-hydrogen) atoms. The number of hydrogen-bond donors (Lipinski definition) is 0. The highest BCUT2D eigenvalue weighted by Gasteiger charge is 2.21. The van der Waals surface area contributed by atoms with Crippen molar-refractivity contribution >= 4 is 9.28 Å². The summed E-state index contributed by atoms with van der Waals surface area (Å²) in [5.74, 6) is 0. The van der Waals surface area contributed by atoms with Crippen LogP contribution in [0.2, 0.25) is 5.54 Å². The zero-order chi connectivity index (χ0) is 10.8. The summed E-state index contributed by atoms with van der Waals surface area (Å²) in [6.07, 6.45) is 6.69. The molecule has 0 radical (unpaired) electrons. The van der Waals surface area contributed by atoms with Gasteiger partial charge >= 0.3 is 9.28 Å². The van der Waals surface area contributed by atoms with E-state index in [1.807, 2.05) is 13.8 Å². The van der Waals surface area contributed by atoms with Crippen LogP contribution in [-0.2, 0) is 8.85 Å². The quantitative estimate of drug-likeness (QED) is 0.459. The second-order valence-electron chi connectivity index (χ2n) is 3.19. The lowest BCUT2D eigenvalue weighted by Gasteiger charge is -2.20. The van der Waals surface area contributed by atoms with Crippen molar-refractivity contribution in [2.24, 2.45) is 0 Å². The summed E-state index contributed by atoms with van der Waals surface area (Å²) in [5.41, 5.74) is 0.523. The molecule has 0 saturated heterocycles. The first-order chi connectivity index (χ1) is 6.79. The Bertz CT molecular complexity index is 142. The van der Waals surface area contributed by atoms with Gasteiger partial charge in [-0.25, -0.2) is 0 Å². The first-order valence-electron chi connectivity index (χ1n) is 5.69. The van der Waals surface area contributed by atoms with E-state index in [0.717, 1.165) is 26.1 Å². The van der Waals surface area contributed by atoms with Crippen LogP contribution in [-0.4, -0.2) is 22.5 Å². The minimum absolute atomic E-state index is 0.523. The SMILES string of the molecule is CCC=CC(CC)[SiH](OCC)OCC. The van der Waals surface area contributed by atoms with Crippen LogP contribution in [0, 0.1) is 0 Å². The molecule has 0 fully saturated rings. The average Bonchev–Trinajstić information content (AvgIpc) is 2.19.